The molecule has 2 atom stereocenters. The summed E-state index contributed by atoms with van der Waals surface area (Å²) in [6, 6.07) is 10.5. The lowest BCUT2D eigenvalue weighted by atomic mass is 9.96. The SMILES string of the molecule is CN(C)C1CCCN(C(=O)NCC(CCO)c2ccccc2)C1. The van der Waals surface area contributed by atoms with Gasteiger partial charge >= 0.3 is 6.03 Å². The van der Waals surface area contributed by atoms with Gasteiger partial charge in [0.05, 0.1) is 0 Å². The van der Waals surface area contributed by atoms with Gasteiger partial charge in [0.1, 0.15) is 0 Å². The number of carbonyl (C=O) groups is 1. The molecule has 0 aromatic heterocycles. The van der Waals surface area contributed by atoms with Crippen LogP contribution in [0.5, 0.6) is 0 Å². The smallest absolute Gasteiger partial charge is 0.317 e. The number of amides is 2. The van der Waals surface area contributed by atoms with Crippen molar-refractivity contribution < 1.29 is 9.90 Å². The molecule has 23 heavy (non-hydrogen) atoms. The molecule has 2 amide bonds. The van der Waals surface area contributed by atoms with E-state index in [9.17, 15) is 9.90 Å². The van der Waals surface area contributed by atoms with Crippen molar-refractivity contribution in [3.8, 4) is 0 Å². The van der Waals surface area contributed by atoms with Gasteiger partial charge in [0.15, 0.2) is 0 Å². The number of urea groups is 1. The molecule has 1 aliphatic rings. The monoisotopic (exact) mass is 319 g/mol. The minimum Gasteiger partial charge on any atom is -0.396 e. The highest BCUT2D eigenvalue weighted by Gasteiger charge is 2.25. The van der Waals surface area contributed by atoms with Crippen LogP contribution in [0.1, 0.15) is 30.7 Å². The Kier molecular flexibility index (Phi) is 6.86. The van der Waals surface area contributed by atoms with Crippen LogP contribution in [0, 0.1) is 0 Å². The number of aliphatic hydroxyl groups is 1. The summed E-state index contributed by atoms with van der Waals surface area (Å²) in [4.78, 5) is 16.5. The van der Waals surface area contributed by atoms with E-state index >= 15 is 0 Å². The molecule has 1 aliphatic heterocycles. The van der Waals surface area contributed by atoms with Gasteiger partial charge < -0.3 is 20.2 Å². The molecule has 0 radical (unpaired) electrons. The minimum atomic E-state index is 0.00965. The first-order valence-corrected chi connectivity index (χ1v) is 8.46. The number of rotatable bonds is 6. The summed E-state index contributed by atoms with van der Waals surface area (Å²) < 4.78 is 0. The molecule has 128 valence electrons. The summed E-state index contributed by atoms with van der Waals surface area (Å²) in [5, 5.41) is 12.3. The first-order valence-electron chi connectivity index (χ1n) is 8.46. The highest BCUT2D eigenvalue weighted by Crippen LogP contribution is 2.19. The molecule has 0 spiro atoms. The Bertz CT molecular complexity index is 478. The van der Waals surface area contributed by atoms with Crippen molar-refractivity contribution in [1.82, 2.24) is 15.1 Å². The lowest BCUT2D eigenvalue weighted by Crippen LogP contribution is -2.51. The average Bonchev–Trinajstić information content (AvgIpc) is 2.59. The summed E-state index contributed by atoms with van der Waals surface area (Å²) in [6.45, 7) is 2.30. The number of piperidine rings is 1. The number of carbonyl (C=O) groups excluding carboxylic acids is 1. The van der Waals surface area contributed by atoms with Crippen LogP contribution >= 0.6 is 0 Å². The quantitative estimate of drug-likeness (QED) is 0.842. The van der Waals surface area contributed by atoms with E-state index < -0.39 is 0 Å². The Hall–Kier alpha value is -1.59. The predicted molar refractivity (Wildman–Crippen MR) is 92.6 cm³/mol. The highest BCUT2D eigenvalue weighted by molar-refractivity contribution is 5.74. The van der Waals surface area contributed by atoms with Crippen molar-refractivity contribution in [1.29, 1.82) is 0 Å². The second-order valence-electron chi connectivity index (χ2n) is 6.51. The van der Waals surface area contributed by atoms with Gasteiger partial charge in [-0.15, -0.1) is 0 Å². The standard InChI is InChI=1S/C18H29N3O2/c1-20(2)17-9-6-11-21(14-17)18(23)19-13-16(10-12-22)15-7-4-3-5-8-15/h3-5,7-8,16-17,22H,6,9-14H2,1-2H3,(H,19,23). The molecule has 2 rings (SSSR count). The van der Waals surface area contributed by atoms with Crippen LogP contribution in [0.3, 0.4) is 0 Å². The second kappa shape index (κ2) is 8.89. The molecular formula is C18H29N3O2. The van der Waals surface area contributed by atoms with Crippen LogP contribution in [0.15, 0.2) is 30.3 Å². The zero-order chi connectivity index (χ0) is 16.7. The molecule has 5 heteroatoms. The summed E-state index contributed by atoms with van der Waals surface area (Å²) in [7, 11) is 4.14. The van der Waals surface area contributed by atoms with Crippen molar-refractivity contribution in [2.75, 3.05) is 40.3 Å². The number of hydrogen-bond acceptors (Lipinski definition) is 3. The summed E-state index contributed by atoms with van der Waals surface area (Å²) in [5.74, 6) is 0.152. The number of likely N-dealkylation sites (tertiary alicyclic amines) is 1. The predicted octanol–water partition coefficient (Wildman–Crippen LogP) is 1.89. The van der Waals surface area contributed by atoms with Gasteiger partial charge in [0, 0.05) is 38.2 Å². The highest BCUT2D eigenvalue weighted by atomic mass is 16.3. The fourth-order valence-corrected chi connectivity index (χ4v) is 3.15. The number of nitrogens with zero attached hydrogens (tertiary/aromatic N) is 2. The topological polar surface area (TPSA) is 55.8 Å². The summed E-state index contributed by atoms with van der Waals surface area (Å²) in [5.41, 5.74) is 1.16. The molecule has 0 saturated carbocycles. The fourth-order valence-electron chi connectivity index (χ4n) is 3.15. The lowest BCUT2D eigenvalue weighted by molar-refractivity contribution is 0.139. The van der Waals surface area contributed by atoms with Gasteiger partial charge in [0.25, 0.3) is 0 Å². The zero-order valence-electron chi connectivity index (χ0n) is 14.2. The van der Waals surface area contributed by atoms with Crippen molar-refractivity contribution in [2.24, 2.45) is 0 Å². The first-order chi connectivity index (χ1) is 11.1. The third-order valence-corrected chi connectivity index (χ3v) is 4.66. The Morgan fingerprint density at radius 2 is 2.13 bits per heavy atom. The molecule has 1 saturated heterocycles. The molecule has 2 N–H and O–H groups in total. The van der Waals surface area contributed by atoms with E-state index in [-0.39, 0.29) is 18.6 Å². The van der Waals surface area contributed by atoms with Gasteiger partial charge in [-0.05, 0) is 38.9 Å². The maximum Gasteiger partial charge on any atom is 0.317 e. The van der Waals surface area contributed by atoms with Crippen LogP contribution in [-0.4, -0.2) is 67.3 Å². The Morgan fingerprint density at radius 3 is 2.78 bits per heavy atom. The maximum absolute atomic E-state index is 12.4. The third-order valence-electron chi connectivity index (χ3n) is 4.66. The largest absolute Gasteiger partial charge is 0.396 e. The maximum atomic E-state index is 12.4. The van der Waals surface area contributed by atoms with E-state index in [0.717, 1.165) is 31.5 Å². The van der Waals surface area contributed by atoms with Gasteiger partial charge in [-0.2, -0.15) is 0 Å². The minimum absolute atomic E-state index is 0.00965. The normalized spacial score (nSPS) is 19.7. The van der Waals surface area contributed by atoms with E-state index in [1.54, 1.807) is 0 Å². The molecule has 1 fully saturated rings. The van der Waals surface area contributed by atoms with Crippen LogP contribution in [0.4, 0.5) is 4.79 Å². The van der Waals surface area contributed by atoms with Gasteiger partial charge in [-0.3, -0.25) is 0 Å². The van der Waals surface area contributed by atoms with E-state index in [1.807, 2.05) is 23.1 Å². The van der Waals surface area contributed by atoms with Crippen LogP contribution in [0.2, 0.25) is 0 Å². The van der Waals surface area contributed by atoms with Crippen molar-refractivity contribution in [3.05, 3.63) is 35.9 Å². The molecule has 0 bridgehead atoms. The molecule has 1 heterocycles. The van der Waals surface area contributed by atoms with Crippen LogP contribution in [-0.2, 0) is 0 Å². The number of aliphatic hydroxyl groups excluding tert-OH is 1. The van der Waals surface area contributed by atoms with Gasteiger partial charge in [-0.1, -0.05) is 30.3 Å². The van der Waals surface area contributed by atoms with Gasteiger partial charge in [-0.25, -0.2) is 4.79 Å². The molecule has 5 nitrogen and oxygen atoms in total. The summed E-state index contributed by atoms with van der Waals surface area (Å²) in [6.07, 6.45) is 2.85. The number of hydrogen-bond donors (Lipinski definition) is 2. The van der Waals surface area contributed by atoms with Crippen molar-refractivity contribution >= 4 is 6.03 Å². The average molecular weight is 319 g/mol. The molecular weight excluding hydrogens is 290 g/mol. The number of nitrogens with one attached hydrogen (secondary N) is 1. The van der Waals surface area contributed by atoms with Gasteiger partial charge in [0.2, 0.25) is 0 Å². The fraction of sp³-hybridized carbons (Fsp3) is 0.611. The number of benzene rings is 1. The van der Waals surface area contributed by atoms with Crippen molar-refractivity contribution in [2.45, 2.75) is 31.2 Å². The third kappa shape index (κ3) is 5.22. The molecule has 2 unspecified atom stereocenters. The van der Waals surface area contributed by atoms with Crippen LogP contribution < -0.4 is 5.32 Å². The van der Waals surface area contributed by atoms with E-state index in [1.165, 1.54) is 0 Å². The van der Waals surface area contributed by atoms with E-state index in [0.29, 0.717) is 19.0 Å². The zero-order valence-corrected chi connectivity index (χ0v) is 14.2. The molecule has 0 aliphatic carbocycles. The van der Waals surface area contributed by atoms with E-state index in [2.05, 4.69) is 36.4 Å². The lowest BCUT2D eigenvalue weighted by Gasteiger charge is -2.36. The number of likely N-dealkylation sites (N-methyl/N-ethyl adjacent to an activating group) is 1. The Morgan fingerprint density at radius 1 is 1.39 bits per heavy atom. The molecule has 1 aromatic rings. The van der Waals surface area contributed by atoms with Crippen molar-refractivity contribution in [3.63, 3.8) is 0 Å². The summed E-state index contributed by atoms with van der Waals surface area (Å²) >= 11 is 0. The Balaban J connectivity index is 1.88. The molecule has 1 aromatic carbocycles. The second-order valence-corrected chi connectivity index (χ2v) is 6.51. The first kappa shape index (κ1) is 17.8. The Labute approximate surface area is 139 Å². The van der Waals surface area contributed by atoms with E-state index in [4.69, 9.17) is 0 Å². The van der Waals surface area contributed by atoms with Crippen LogP contribution in [0.25, 0.3) is 0 Å².